The van der Waals surface area contributed by atoms with Crippen molar-refractivity contribution in [3.05, 3.63) is 105 Å². The number of halogens is 1. The quantitative estimate of drug-likeness (QED) is 0.457. The maximum Gasteiger partial charge on any atom is 0.316 e. The van der Waals surface area contributed by atoms with Gasteiger partial charge >= 0.3 is 6.03 Å². The third-order valence-electron chi connectivity index (χ3n) is 5.82. The Morgan fingerprint density at radius 1 is 0.853 bits per heavy atom. The minimum absolute atomic E-state index is 0.0143. The van der Waals surface area contributed by atoms with Gasteiger partial charge in [-0.25, -0.2) is 4.79 Å². The van der Waals surface area contributed by atoms with Gasteiger partial charge < -0.3 is 22.1 Å². The van der Waals surface area contributed by atoms with Crippen LogP contribution < -0.4 is 17.2 Å². The van der Waals surface area contributed by atoms with E-state index in [-0.39, 0.29) is 24.1 Å². The molecule has 0 aliphatic carbocycles. The summed E-state index contributed by atoms with van der Waals surface area (Å²) in [7, 11) is 0. The lowest BCUT2D eigenvalue weighted by molar-refractivity contribution is -0.129. The molecular weight excluding hydrogens is 452 g/mol. The number of primary amides is 3. The molecule has 0 aliphatic heterocycles. The molecule has 176 valence electrons. The van der Waals surface area contributed by atoms with Crippen LogP contribution in [0, 0.1) is 13.8 Å². The van der Waals surface area contributed by atoms with Crippen LogP contribution in [-0.4, -0.2) is 22.7 Å². The fourth-order valence-corrected chi connectivity index (χ4v) is 4.33. The summed E-state index contributed by atoms with van der Waals surface area (Å²) in [5.41, 5.74) is 19.2. The minimum Gasteiger partial charge on any atom is -0.367 e. The van der Waals surface area contributed by atoms with Crippen molar-refractivity contribution in [2.24, 2.45) is 17.2 Å². The molecule has 0 aliphatic rings. The third kappa shape index (κ3) is 5.05. The van der Waals surface area contributed by atoms with Crippen molar-refractivity contribution in [3.63, 3.8) is 0 Å². The third-order valence-corrected chi connectivity index (χ3v) is 6.07. The number of aryl methyl sites for hydroxylation is 2. The molecule has 4 amide bonds. The number of hydrogen-bond acceptors (Lipinski definition) is 3. The number of rotatable bonds is 8. The van der Waals surface area contributed by atoms with E-state index in [1.165, 1.54) is 4.90 Å². The first kappa shape index (κ1) is 24.8. The molecule has 0 spiro atoms. The molecule has 34 heavy (non-hydrogen) atoms. The molecule has 1 unspecified atom stereocenters. The number of hydrogen-bond donors (Lipinski definition) is 3. The van der Waals surface area contributed by atoms with Gasteiger partial charge in [0, 0.05) is 29.1 Å². The summed E-state index contributed by atoms with van der Waals surface area (Å²) < 4.78 is 0. The fourth-order valence-electron chi connectivity index (χ4n) is 4.20. The Morgan fingerprint density at radius 3 is 2.06 bits per heavy atom. The maximum atomic E-state index is 13.4. The van der Waals surface area contributed by atoms with E-state index in [1.54, 1.807) is 49.4 Å². The molecule has 0 radical (unpaired) electrons. The molecule has 0 bridgehead atoms. The van der Waals surface area contributed by atoms with Gasteiger partial charge in [0.25, 0.3) is 0 Å². The van der Waals surface area contributed by atoms with E-state index in [4.69, 9.17) is 28.8 Å². The van der Waals surface area contributed by atoms with Crippen LogP contribution in [0.2, 0.25) is 5.02 Å². The second kappa shape index (κ2) is 9.97. The first-order valence-corrected chi connectivity index (χ1v) is 11.0. The molecule has 3 aromatic carbocycles. The highest BCUT2D eigenvalue weighted by Gasteiger charge is 2.48. The van der Waals surface area contributed by atoms with Crippen molar-refractivity contribution >= 4 is 29.4 Å². The first-order valence-electron chi connectivity index (χ1n) is 10.6. The zero-order chi connectivity index (χ0) is 25.0. The summed E-state index contributed by atoms with van der Waals surface area (Å²) in [6.07, 6.45) is -0.0440. The molecule has 6 N–H and O–H groups in total. The standard InChI is InChI=1S/C26H27ClN4O3/c1-16-4-3-5-19(12-16)15-31(25(30)34)26(24(29)33,14-18-7-9-20(27)10-8-18)22-11-6-17(2)13-21(22)23(28)32/h3-13H,14-15H2,1-2H3,(H2,28,32)(H2,29,33)(H2,30,34). The molecule has 0 heterocycles. The van der Waals surface area contributed by atoms with E-state index in [0.29, 0.717) is 10.6 Å². The van der Waals surface area contributed by atoms with Crippen molar-refractivity contribution in [1.29, 1.82) is 0 Å². The topological polar surface area (TPSA) is 133 Å². The van der Waals surface area contributed by atoms with E-state index in [9.17, 15) is 14.4 Å². The summed E-state index contributed by atoms with van der Waals surface area (Å²) in [6, 6.07) is 18.3. The molecule has 8 heteroatoms. The molecular formula is C26H27ClN4O3. The second-order valence-corrected chi connectivity index (χ2v) is 8.79. The lowest BCUT2D eigenvalue weighted by atomic mass is 9.78. The van der Waals surface area contributed by atoms with Gasteiger partial charge in [-0.1, -0.05) is 71.3 Å². The molecule has 7 nitrogen and oxygen atoms in total. The SMILES string of the molecule is Cc1cccc(CN(C(N)=O)C(Cc2ccc(Cl)cc2)(C(N)=O)c2ccc(C)cc2C(N)=O)c1. The number of carbonyl (C=O) groups excluding carboxylic acids is 3. The zero-order valence-electron chi connectivity index (χ0n) is 19.0. The average molecular weight is 479 g/mol. The normalized spacial score (nSPS) is 12.6. The number of urea groups is 1. The average Bonchev–Trinajstić information content (AvgIpc) is 2.77. The van der Waals surface area contributed by atoms with E-state index in [2.05, 4.69) is 0 Å². The smallest absolute Gasteiger partial charge is 0.316 e. The monoisotopic (exact) mass is 478 g/mol. The number of benzene rings is 3. The summed E-state index contributed by atoms with van der Waals surface area (Å²) in [4.78, 5) is 39.9. The van der Waals surface area contributed by atoms with Crippen molar-refractivity contribution in [2.45, 2.75) is 32.4 Å². The van der Waals surface area contributed by atoms with Crippen LogP contribution in [-0.2, 0) is 23.3 Å². The molecule has 3 aromatic rings. The summed E-state index contributed by atoms with van der Waals surface area (Å²) in [5.74, 6) is -1.60. The van der Waals surface area contributed by atoms with Gasteiger partial charge in [-0.15, -0.1) is 0 Å². The molecule has 0 saturated carbocycles. The van der Waals surface area contributed by atoms with E-state index >= 15 is 0 Å². The van der Waals surface area contributed by atoms with Gasteiger partial charge in [-0.05, 0) is 43.2 Å². The van der Waals surface area contributed by atoms with Gasteiger partial charge in [0.05, 0.1) is 0 Å². The van der Waals surface area contributed by atoms with Crippen LogP contribution in [0.5, 0.6) is 0 Å². The Balaban J connectivity index is 2.32. The highest BCUT2D eigenvalue weighted by Crippen LogP contribution is 2.37. The summed E-state index contributed by atoms with van der Waals surface area (Å²) in [5, 5.41) is 0.508. The Hall–Kier alpha value is -3.84. The Labute approximate surface area is 203 Å². The van der Waals surface area contributed by atoms with Crippen molar-refractivity contribution in [3.8, 4) is 0 Å². The fraction of sp³-hybridized carbons (Fsp3) is 0.192. The Kier molecular flexibility index (Phi) is 7.27. The van der Waals surface area contributed by atoms with Crippen LogP contribution >= 0.6 is 11.6 Å². The molecule has 1 atom stereocenters. The predicted octanol–water partition coefficient (Wildman–Crippen LogP) is 3.56. The molecule has 0 saturated heterocycles. The maximum absolute atomic E-state index is 13.4. The second-order valence-electron chi connectivity index (χ2n) is 8.35. The van der Waals surface area contributed by atoms with Crippen molar-refractivity contribution < 1.29 is 14.4 Å². The van der Waals surface area contributed by atoms with Crippen LogP contribution in [0.15, 0.2) is 66.7 Å². The summed E-state index contributed by atoms with van der Waals surface area (Å²) in [6.45, 7) is 3.69. The van der Waals surface area contributed by atoms with Crippen molar-refractivity contribution in [2.75, 3.05) is 0 Å². The van der Waals surface area contributed by atoms with Gasteiger partial charge in [0.15, 0.2) is 5.54 Å². The minimum atomic E-state index is -1.80. The van der Waals surface area contributed by atoms with E-state index < -0.39 is 23.4 Å². The van der Waals surface area contributed by atoms with Crippen LogP contribution in [0.3, 0.4) is 0 Å². The van der Waals surface area contributed by atoms with Crippen LogP contribution in [0.4, 0.5) is 4.79 Å². The number of amides is 4. The zero-order valence-corrected chi connectivity index (χ0v) is 19.8. The Morgan fingerprint density at radius 2 is 1.50 bits per heavy atom. The van der Waals surface area contributed by atoms with Gasteiger partial charge in [-0.3, -0.25) is 9.59 Å². The van der Waals surface area contributed by atoms with Crippen LogP contribution in [0.25, 0.3) is 0 Å². The highest BCUT2D eigenvalue weighted by atomic mass is 35.5. The largest absolute Gasteiger partial charge is 0.367 e. The van der Waals surface area contributed by atoms with Gasteiger partial charge in [0.1, 0.15) is 0 Å². The van der Waals surface area contributed by atoms with E-state index in [0.717, 1.165) is 16.7 Å². The highest BCUT2D eigenvalue weighted by molar-refractivity contribution is 6.30. The molecule has 0 aromatic heterocycles. The van der Waals surface area contributed by atoms with Gasteiger partial charge in [0.2, 0.25) is 11.8 Å². The lowest BCUT2D eigenvalue weighted by Crippen LogP contribution is -2.60. The number of carbonyl (C=O) groups is 3. The number of nitrogens with zero attached hydrogens (tertiary/aromatic N) is 1. The van der Waals surface area contributed by atoms with Crippen LogP contribution in [0.1, 0.15) is 38.2 Å². The first-order chi connectivity index (χ1) is 16.0. The van der Waals surface area contributed by atoms with Crippen molar-refractivity contribution in [1.82, 2.24) is 4.90 Å². The van der Waals surface area contributed by atoms with Gasteiger partial charge in [-0.2, -0.15) is 0 Å². The van der Waals surface area contributed by atoms with E-state index in [1.807, 2.05) is 31.2 Å². The number of nitrogens with two attached hydrogens (primary N) is 3. The molecule has 3 rings (SSSR count). The summed E-state index contributed by atoms with van der Waals surface area (Å²) >= 11 is 6.04. The lowest BCUT2D eigenvalue weighted by Gasteiger charge is -2.42. The predicted molar refractivity (Wildman–Crippen MR) is 132 cm³/mol. The molecule has 0 fully saturated rings. The Bertz CT molecular complexity index is 1240.